The van der Waals surface area contributed by atoms with E-state index < -0.39 is 0 Å². The van der Waals surface area contributed by atoms with E-state index in [0.29, 0.717) is 0 Å². The van der Waals surface area contributed by atoms with E-state index >= 15 is 0 Å². The smallest absolute Gasteiger partial charge is 0.132 e. The fourth-order valence-corrected chi connectivity index (χ4v) is 2.38. The molecule has 0 N–H and O–H groups in total. The average molecular weight is 281 g/mol. The zero-order valence-electron chi connectivity index (χ0n) is 9.49. The molecule has 4 heteroatoms. The number of rotatable bonds is 2. The van der Waals surface area contributed by atoms with Crippen LogP contribution in [-0.2, 0) is 7.05 Å². The van der Waals surface area contributed by atoms with Crippen LogP contribution < -0.4 is 4.74 Å². The first-order valence-corrected chi connectivity index (χ1v) is 5.76. The second kappa shape index (κ2) is 4.29. The van der Waals surface area contributed by atoms with Crippen molar-refractivity contribution in [3.8, 4) is 17.0 Å². The van der Waals surface area contributed by atoms with Crippen LogP contribution in [0, 0.1) is 6.92 Å². The van der Waals surface area contributed by atoms with Gasteiger partial charge in [-0.2, -0.15) is 0 Å². The van der Waals surface area contributed by atoms with Crippen molar-refractivity contribution >= 4 is 15.9 Å². The maximum atomic E-state index is 5.14. The molecule has 1 heterocycles. The average Bonchev–Trinajstić information content (AvgIpc) is 2.54. The summed E-state index contributed by atoms with van der Waals surface area (Å²) in [5, 5.41) is 0. The van der Waals surface area contributed by atoms with Gasteiger partial charge in [0.1, 0.15) is 16.2 Å². The molecule has 0 aliphatic carbocycles. The Morgan fingerprint density at radius 3 is 2.31 bits per heavy atom. The third-order valence-corrected chi connectivity index (χ3v) is 3.19. The molecule has 1 aromatic carbocycles. The molecule has 16 heavy (non-hydrogen) atoms. The first-order chi connectivity index (χ1) is 7.63. The Kier molecular flexibility index (Phi) is 3.01. The molecule has 0 aliphatic rings. The Morgan fingerprint density at radius 2 is 1.88 bits per heavy atom. The first kappa shape index (κ1) is 11.2. The molecule has 0 bridgehead atoms. The first-order valence-electron chi connectivity index (χ1n) is 4.96. The van der Waals surface area contributed by atoms with Crippen LogP contribution in [0.25, 0.3) is 11.3 Å². The number of benzene rings is 1. The number of ether oxygens (including phenoxy) is 1. The van der Waals surface area contributed by atoms with E-state index in [2.05, 4.69) is 25.5 Å². The standard InChI is InChI=1S/C12H13BrN2O/c1-8-14-12(13)11(15(8)2)9-4-6-10(16-3)7-5-9/h4-7H,1-3H3. The largest absolute Gasteiger partial charge is 0.497 e. The van der Waals surface area contributed by atoms with E-state index in [-0.39, 0.29) is 0 Å². The van der Waals surface area contributed by atoms with Crippen molar-refractivity contribution in [3.05, 3.63) is 34.7 Å². The van der Waals surface area contributed by atoms with E-state index in [9.17, 15) is 0 Å². The summed E-state index contributed by atoms with van der Waals surface area (Å²) in [6.07, 6.45) is 0. The lowest BCUT2D eigenvalue weighted by Gasteiger charge is -2.05. The van der Waals surface area contributed by atoms with Crippen molar-refractivity contribution in [3.63, 3.8) is 0 Å². The summed E-state index contributed by atoms with van der Waals surface area (Å²) in [6, 6.07) is 7.95. The lowest BCUT2D eigenvalue weighted by Crippen LogP contribution is -1.94. The van der Waals surface area contributed by atoms with Gasteiger partial charge in [-0.1, -0.05) is 0 Å². The summed E-state index contributed by atoms with van der Waals surface area (Å²) in [6.45, 7) is 1.98. The van der Waals surface area contributed by atoms with Gasteiger partial charge in [-0.3, -0.25) is 0 Å². The van der Waals surface area contributed by atoms with Crippen molar-refractivity contribution in [1.29, 1.82) is 0 Å². The van der Waals surface area contributed by atoms with Crippen LogP contribution in [0.5, 0.6) is 5.75 Å². The maximum Gasteiger partial charge on any atom is 0.132 e. The molecule has 1 aromatic heterocycles. The molecule has 0 unspecified atom stereocenters. The number of hydrogen-bond donors (Lipinski definition) is 0. The number of aryl methyl sites for hydroxylation is 1. The fraction of sp³-hybridized carbons (Fsp3) is 0.250. The van der Waals surface area contributed by atoms with Gasteiger partial charge in [-0.25, -0.2) is 4.98 Å². The number of methoxy groups -OCH3 is 1. The van der Waals surface area contributed by atoms with Crippen LogP contribution in [0.15, 0.2) is 28.9 Å². The minimum Gasteiger partial charge on any atom is -0.497 e. The Hall–Kier alpha value is -1.29. The number of imidazole rings is 1. The van der Waals surface area contributed by atoms with Gasteiger partial charge < -0.3 is 9.30 Å². The Labute approximate surface area is 103 Å². The molecule has 0 saturated heterocycles. The van der Waals surface area contributed by atoms with Crippen LogP contribution >= 0.6 is 15.9 Å². The van der Waals surface area contributed by atoms with Crippen molar-refractivity contribution in [2.45, 2.75) is 6.92 Å². The Balaban J connectivity index is 2.50. The molecule has 3 nitrogen and oxygen atoms in total. The number of nitrogens with zero attached hydrogens (tertiary/aromatic N) is 2. The van der Waals surface area contributed by atoms with E-state index in [4.69, 9.17) is 4.74 Å². The lowest BCUT2D eigenvalue weighted by molar-refractivity contribution is 0.415. The van der Waals surface area contributed by atoms with Gasteiger partial charge in [-0.15, -0.1) is 0 Å². The van der Waals surface area contributed by atoms with Crippen LogP contribution in [-0.4, -0.2) is 16.7 Å². The number of aromatic nitrogens is 2. The molecular formula is C12H13BrN2O. The third kappa shape index (κ3) is 1.85. The van der Waals surface area contributed by atoms with E-state index in [1.807, 2.05) is 38.2 Å². The number of hydrogen-bond acceptors (Lipinski definition) is 2. The van der Waals surface area contributed by atoms with Crippen LogP contribution in [0.3, 0.4) is 0 Å². The van der Waals surface area contributed by atoms with Gasteiger partial charge in [0.15, 0.2) is 0 Å². The zero-order chi connectivity index (χ0) is 11.7. The molecule has 0 radical (unpaired) electrons. The molecule has 0 aliphatic heterocycles. The molecule has 2 aromatic rings. The molecule has 2 rings (SSSR count). The quantitative estimate of drug-likeness (QED) is 0.845. The van der Waals surface area contributed by atoms with Gasteiger partial charge in [0.05, 0.1) is 12.8 Å². The monoisotopic (exact) mass is 280 g/mol. The lowest BCUT2D eigenvalue weighted by atomic mass is 10.1. The van der Waals surface area contributed by atoms with Crippen molar-refractivity contribution in [2.75, 3.05) is 7.11 Å². The normalized spacial score (nSPS) is 10.5. The number of halogens is 1. The molecule has 0 saturated carbocycles. The minimum atomic E-state index is 0.860. The summed E-state index contributed by atoms with van der Waals surface area (Å²) in [7, 11) is 3.67. The molecular weight excluding hydrogens is 268 g/mol. The fourth-order valence-electron chi connectivity index (χ4n) is 1.63. The minimum absolute atomic E-state index is 0.860. The van der Waals surface area contributed by atoms with E-state index in [0.717, 1.165) is 27.4 Å². The van der Waals surface area contributed by atoms with Gasteiger partial charge in [0.25, 0.3) is 0 Å². The molecule has 84 valence electrons. The molecule has 0 amide bonds. The zero-order valence-corrected chi connectivity index (χ0v) is 11.1. The van der Waals surface area contributed by atoms with E-state index in [1.165, 1.54) is 0 Å². The van der Waals surface area contributed by atoms with Gasteiger partial charge >= 0.3 is 0 Å². The highest BCUT2D eigenvalue weighted by atomic mass is 79.9. The Morgan fingerprint density at radius 1 is 1.25 bits per heavy atom. The van der Waals surface area contributed by atoms with Gasteiger partial charge in [0, 0.05) is 12.6 Å². The highest BCUT2D eigenvalue weighted by Gasteiger charge is 2.11. The maximum absolute atomic E-state index is 5.14. The molecule has 0 atom stereocenters. The third-order valence-electron chi connectivity index (χ3n) is 2.64. The van der Waals surface area contributed by atoms with Crippen molar-refractivity contribution in [2.24, 2.45) is 7.05 Å². The predicted molar refractivity (Wildman–Crippen MR) is 67.6 cm³/mol. The molecule has 0 spiro atoms. The van der Waals surface area contributed by atoms with E-state index in [1.54, 1.807) is 7.11 Å². The second-order valence-electron chi connectivity index (χ2n) is 3.59. The van der Waals surface area contributed by atoms with Crippen molar-refractivity contribution < 1.29 is 4.74 Å². The topological polar surface area (TPSA) is 27.1 Å². The van der Waals surface area contributed by atoms with Crippen LogP contribution in [0.2, 0.25) is 0 Å². The highest BCUT2D eigenvalue weighted by Crippen LogP contribution is 2.29. The van der Waals surface area contributed by atoms with Crippen LogP contribution in [0.4, 0.5) is 0 Å². The summed E-state index contributed by atoms with van der Waals surface area (Å²) in [4.78, 5) is 4.38. The van der Waals surface area contributed by atoms with Crippen molar-refractivity contribution in [1.82, 2.24) is 9.55 Å². The summed E-state index contributed by atoms with van der Waals surface area (Å²) >= 11 is 3.48. The SMILES string of the molecule is COc1ccc(-c2c(Br)nc(C)n2C)cc1. The summed E-state index contributed by atoms with van der Waals surface area (Å²) < 4.78 is 8.07. The Bertz CT molecular complexity index is 502. The molecule has 0 fully saturated rings. The van der Waals surface area contributed by atoms with Gasteiger partial charge in [0.2, 0.25) is 0 Å². The summed E-state index contributed by atoms with van der Waals surface area (Å²) in [5.74, 6) is 1.84. The second-order valence-corrected chi connectivity index (χ2v) is 4.34. The van der Waals surface area contributed by atoms with Gasteiger partial charge in [-0.05, 0) is 47.1 Å². The highest BCUT2D eigenvalue weighted by molar-refractivity contribution is 9.10. The summed E-state index contributed by atoms with van der Waals surface area (Å²) in [5.41, 5.74) is 2.20. The predicted octanol–water partition coefficient (Wildman–Crippen LogP) is 3.17. The van der Waals surface area contributed by atoms with Crippen LogP contribution in [0.1, 0.15) is 5.82 Å².